The number of fused-ring (bicyclic) bond motifs is 8. The van der Waals surface area contributed by atoms with E-state index in [0.717, 1.165) is 89.1 Å². The van der Waals surface area contributed by atoms with Gasteiger partial charge in [0, 0.05) is 44.3 Å². The Hall–Kier alpha value is -7.63. The first kappa shape index (κ1) is 31.9. The maximum atomic E-state index is 6.18. The predicted octanol–water partition coefficient (Wildman–Crippen LogP) is 13.6. The molecular formula is C51H32N4O. The van der Waals surface area contributed by atoms with E-state index in [4.69, 9.17) is 19.4 Å². The van der Waals surface area contributed by atoms with Gasteiger partial charge in [-0.3, -0.25) is 0 Å². The highest BCUT2D eigenvalue weighted by Crippen LogP contribution is 2.52. The van der Waals surface area contributed by atoms with Crippen molar-refractivity contribution in [1.29, 1.82) is 0 Å². The van der Waals surface area contributed by atoms with Crippen LogP contribution in [0.1, 0.15) is 0 Å². The van der Waals surface area contributed by atoms with Crippen LogP contribution in [0.3, 0.4) is 0 Å². The van der Waals surface area contributed by atoms with Crippen LogP contribution < -0.4 is 4.90 Å². The van der Waals surface area contributed by atoms with E-state index in [1.165, 1.54) is 0 Å². The lowest BCUT2D eigenvalue weighted by molar-refractivity contribution is 0.669. The molecule has 0 bridgehead atoms. The maximum absolute atomic E-state index is 6.18. The normalized spacial score (nSPS) is 11.9. The molecule has 0 N–H and O–H groups in total. The summed E-state index contributed by atoms with van der Waals surface area (Å²) in [6, 6.07) is 67.7. The van der Waals surface area contributed by atoms with E-state index in [1.54, 1.807) is 0 Å². The van der Waals surface area contributed by atoms with Crippen LogP contribution >= 0.6 is 0 Å². The van der Waals surface area contributed by atoms with Crippen molar-refractivity contribution in [3.05, 3.63) is 194 Å². The monoisotopic (exact) mass is 716 g/mol. The third-order valence-corrected chi connectivity index (χ3v) is 10.7. The molecule has 0 radical (unpaired) electrons. The highest BCUT2D eigenvalue weighted by atomic mass is 16.3. The zero-order valence-corrected chi connectivity index (χ0v) is 30.2. The Morgan fingerprint density at radius 1 is 0.321 bits per heavy atom. The van der Waals surface area contributed by atoms with Crippen LogP contribution in [0.25, 0.3) is 89.5 Å². The molecule has 0 unspecified atom stereocenters. The SMILES string of the molecule is c1ccc(-c2nc(-c3ccccc3)nc(-c3ccc4c(c3)-c3ccccc3-c3cc(-c5ccc6oc7ccccc7c6c5)ccc3N4c3ccccc3)n2)cc1. The number of benzene rings is 8. The minimum atomic E-state index is 0.621. The van der Waals surface area contributed by atoms with Gasteiger partial charge in [0.1, 0.15) is 11.2 Å². The second kappa shape index (κ2) is 13.0. The van der Waals surface area contributed by atoms with E-state index in [0.29, 0.717) is 17.5 Å². The molecule has 0 saturated carbocycles. The quantitative estimate of drug-likeness (QED) is 0.177. The fourth-order valence-corrected chi connectivity index (χ4v) is 7.99. The first-order valence-electron chi connectivity index (χ1n) is 18.8. The lowest BCUT2D eigenvalue weighted by Gasteiger charge is -2.28. The Morgan fingerprint density at radius 2 is 0.786 bits per heavy atom. The van der Waals surface area contributed by atoms with E-state index in [9.17, 15) is 0 Å². The molecule has 8 aromatic carbocycles. The molecule has 5 heteroatoms. The molecule has 11 rings (SSSR count). The Morgan fingerprint density at radius 3 is 1.43 bits per heavy atom. The summed E-state index contributed by atoms with van der Waals surface area (Å²) in [6.07, 6.45) is 0. The lowest BCUT2D eigenvalue weighted by Crippen LogP contribution is -2.11. The molecule has 3 heterocycles. The number of aromatic nitrogens is 3. The topological polar surface area (TPSA) is 55.1 Å². The highest BCUT2D eigenvalue weighted by Gasteiger charge is 2.27. The van der Waals surface area contributed by atoms with Crippen molar-refractivity contribution in [2.24, 2.45) is 0 Å². The first-order valence-corrected chi connectivity index (χ1v) is 18.8. The molecule has 0 saturated heterocycles. The van der Waals surface area contributed by atoms with Gasteiger partial charge in [-0.05, 0) is 82.9 Å². The predicted molar refractivity (Wildman–Crippen MR) is 228 cm³/mol. The molecule has 262 valence electrons. The summed E-state index contributed by atoms with van der Waals surface area (Å²) in [5.41, 5.74) is 14.6. The van der Waals surface area contributed by atoms with Gasteiger partial charge in [0.15, 0.2) is 17.5 Å². The van der Waals surface area contributed by atoms with Gasteiger partial charge >= 0.3 is 0 Å². The van der Waals surface area contributed by atoms with Crippen molar-refractivity contribution >= 4 is 39.0 Å². The third-order valence-electron chi connectivity index (χ3n) is 10.7. The van der Waals surface area contributed by atoms with Crippen LogP contribution in [0, 0.1) is 0 Å². The number of nitrogens with zero attached hydrogens (tertiary/aromatic N) is 4. The van der Waals surface area contributed by atoms with Gasteiger partial charge < -0.3 is 9.32 Å². The molecule has 0 aliphatic carbocycles. The average molecular weight is 717 g/mol. The van der Waals surface area contributed by atoms with Gasteiger partial charge in [0.2, 0.25) is 0 Å². The highest BCUT2D eigenvalue weighted by molar-refractivity contribution is 6.07. The number of para-hydroxylation sites is 2. The third kappa shape index (κ3) is 5.37. The summed E-state index contributed by atoms with van der Waals surface area (Å²) in [5.74, 6) is 1.89. The van der Waals surface area contributed by atoms with Crippen molar-refractivity contribution in [3.63, 3.8) is 0 Å². The minimum Gasteiger partial charge on any atom is -0.456 e. The van der Waals surface area contributed by atoms with Crippen molar-refractivity contribution in [2.75, 3.05) is 4.90 Å². The van der Waals surface area contributed by atoms with Gasteiger partial charge in [0.25, 0.3) is 0 Å². The first-order chi connectivity index (χ1) is 27.7. The standard InChI is InChI=1S/C51H32N4O/c1-4-14-33(15-5-1)49-52-50(34-16-6-2-7-17-34)54-51(53-49)37-25-28-46-43(32-37)40-21-11-10-20-39(40)42-30-35(24-27-45(42)55(46)38-18-8-3-9-19-38)36-26-29-48-44(31-36)41-22-12-13-23-47(41)56-48/h1-32H. The van der Waals surface area contributed by atoms with Crippen molar-refractivity contribution in [1.82, 2.24) is 15.0 Å². The van der Waals surface area contributed by atoms with Crippen molar-refractivity contribution in [3.8, 4) is 67.5 Å². The van der Waals surface area contributed by atoms with Gasteiger partial charge in [-0.2, -0.15) is 0 Å². The summed E-state index contributed by atoms with van der Waals surface area (Å²) in [7, 11) is 0. The molecule has 56 heavy (non-hydrogen) atoms. The zero-order valence-electron chi connectivity index (χ0n) is 30.2. The van der Waals surface area contributed by atoms with Gasteiger partial charge in [0.05, 0.1) is 11.4 Å². The molecule has 2 aromatic heterocycles. The molecule has 0 fully saturated rings. The smallest absolute Gasteiger partial charge is 0.164 e. The number of hydrogen-bond acceptors (Lipinski definition) is 5. The minimum absolute atomic E-state index is 0.621. The molecule has 5 nitrogen and oxygen atoms in total. The average Bonchev–Trinajstić information content (AvgIpc) is 3.60. The second-order valence-corrected chi connectivity index (χ2v) is 14.0. The molecular weight excluding hydrogens is 685 g/mol. The van der Waals surface area contributed by atoms with Crippen LogP contribution in [0.15, 0.2) is 199 Å². The fraction of sp³-hybridized carbons (Fsp3) is 0. The van der Waals surface area contributed by atoms with E-state index in [1.807, 2.05) is 72.8 Å². The lowest BCUT2D eigenvalue weighted by atomic mass is 9.92. The van der Waals surface area contributed by atoms with E-state index in [-0.39, 0.29) is 0 Å². The second-order valence-electron chi connectivity index (χ2n) is 14.0. The van der Waals surface area contributed by atoms with E-state index in [2.05, 4.69) is 126 Å². The van der Waals surface area contributed by atoms with Crippen LogP contribution in [0.4, 0.5) is 17.1 Å². The maximum Gasteiger partial charge on any atom is 0.164 e. The molecule has 0 amide bonds. The number of furan rings is 1. The molecule has 1 aliphatic heterocycles. The Kier molecular flexibility index (Phi) is 7.42. The molecule has 0 atom stereocenters. The zero-order chi connectivity index (χ0) is 37.0. The number of anilines is 3. The molecule has 1 aliphatic rings. The Bertz CT molecular complexity index is 3030. The van der Waals surface area contributed by atoms with Crippen LogP contribution in [0.2, 0.25) is 0 Å². The molecule has 0 spiro atoms. The summed E-state index contributed by atoms with van der Waals surface area (Å²) >= 11 is 0. The number of hydrogen-bond donors (Lipinski definition) is 0. The Balaban J connectivity index is 1.12. The summed E-state index contributed by atoms with van der Waals surface area (Å²) in [6.45, 7) is 0. The van der Waals surface area contributed by atoms with E-state index >= 15 is 0 Å². The van der Waals surface area contributed by atoms with Gasteiger partial charge in [-0.1, -0.05) is 133 Å². The van der Waals surface area contributed by atoms with Crippen LogP contribution in [-0.2, 0) is 0 Å². The number of rotatable bonds is 5. The van der Waals surface area contributed by atoms with Crippen LogP contribution in [0.5, 0.6) is 0 Å². The summed E-state index contributed by atoms with van der Waals surface area (Å²) in [4.78, 5) is 17.5. The fourth-order valence-electron chi connectivity index (χ4n) is 7.99. The van der Waals surface area contributed by atoms with Crippen molar-refractivity contribution in [2.45, 2.75) is 0 Å². The van der Waals surface area contributed by atoms with Gasteiger partial charge in [-0.15, -0.1) is 0 Å². The van der Waals surface area contributed by atoms with Crippen LogP contribution in [-0.4, -0.2) is 15.0 Å². The van der Waals surface area contributed by atoms with Crippen molar-refractivity contribution < 1.29 is 4.42 Å². The molecule has 10 aromatic rings. The summed E-state index contributed by atoms with van der Waals surface area (Å²) in [5, 5.41) is 2.24. The summed E-state index contributed by atoms with van der Waals surface area (Å²) < 4.78 is 6.18. The van der Waals surface area contributed by atoms with Gasteiger partial charge in [-0.25, -0.2) is 15.0 Å². The Labute approximate surface area is 323 Å². The van der Waals surface area contributed by atoms with E-state index < -0.39 is 0 Å². The largest absolute Gasteiger partial charge is 0.456 e.